The molecule has 2 rings (SSSR count). The van der Waals surface area contributed by atoms with Gasteiger partial charge in [-0.15, -0.1) is 0 Å². The van der Waals surface area contributed by atoms with Crippen LogP contribution in [-0.2, 0) is 23.2 Å². The second-order valence-corrected chi connectivity index (χ2v) is 7.12. The summed E-state index contributed by atoms with van der Waals surface area (Å²) >= 11 is 0. The van der Waals surface area contributed by atoms with Crippen molar-refractivity contribution in [2.45, 2.75) is 39.8 Å². The van der Waals surface area contributed by atoms with Gasteiger partial charge in [-0.25, -0.2) is 4.79 Å². The van der Waals surface area contributed by atoms with Crippen molar-refractivity contribution >= 4 is 22.8 Å². The zero-order valence-electron chi connectivity index (χ0n) is 15.5. The number of nitrogens with zero attached hydrogens (tertiary/aromatic N) is 3. The summed E-state index contributed by atoms with van der Waals surface area (Å²) in [5.74, 6) is -0.474. The minimum atomic E-state index is -0.355. The molecule has 0 aliphatic rings. The monoisotopic (exact) mass is 346 g/mol. The second kappa shape index (κ2) is 7.13. The highest BCUT2D eigenvalue weighted by Crippen LogP contribution is 2.11. The molecular weight excluding hydrogens is 320 g/mol. The molecule has 0 aliphatic heterocycles. The third-order valence-corrected chi connectivity index (χ3v) is 3.93. The van der Waals surface area contributed by atoms with Crippen molar-refractivity contribution in [2.24, 2.45) is 7.05 Å². The van der Waals surface area contributed by atoms with E-state index in [1.54, 1.807) is 7.05 Å². The van der Waals surface area contributed by atoms with Crippen LogP contribution in [0.1, 0.15) is 27.7 Å². The van der Waals surface area contributed by atoms with Gasteiger partial charge >= 0.3 is 5.69 Å². The molecule has 136 valence electrons. The first-order valence-corrected chi connectivity index (χ1v) is 8.37. The predicted molar refractivity (Wildman–Crippen MR) is 97.3 cm³/mol. The zero-order chi connectivity index (χ0) is 18.8. The number of likely N-dealkylation sites (N-methyl/N-ethyl adjacent to an activating group) is 1. The normalized spacial score (nSPS) is 11.6. The Morgan fingerprint density at radius 3 is 2.32 bits per heavy atom. The molecule has 0 spiro atoms. The number of carbonyl (C=O) groups excluding carboxylic acids is 2. The van der Waals surface area contributed by atoms with Gasteiger partial charge in [0.2, 0.25) is 11.8 Å². The van der Waals surface area contributed by atoms with Crippen LogP contribution in [0.5, 0.6) is 0 Å². The quantitative estimate of drug-likeness (QED) is 0.881. The molecule has 7 nitrogen and oxygen atoms in total. The number of imidazole rings is 1. The topological polar surface area (TPSA) is 76.3 Å². The number of para-hydroxylation sites is 2. The van der Waals surface area contributed by atoms with E-state index in [-0.39, 0.29) is 36.1 Å². The average molecular weight is 346 g/mol. The molecule has 0 aliphatic carbocycles. The Hall–Kier alpha value is -2.57. The lowest BCUT2D eigenvalue weighted by molar-refractivity contribution is -0.136. The maximum atomic E-state index is 12.6. The van der Waals surface area contributed by atoms with E-state index in [0.717, 1.165) is 5.52 Å². The van der Waals surface area contributed by atoms with Crippen LogP contribution in [0.25, 0.3) is 11.0 Å². The molecule has 2 amide bonds. The van der Waals surface area contributed by atoms with Crippen LogP contribution in [-0.4, -0.2) is 44.5 Å². The fraction of sp³-hybridized carbons (Fsp3) is 0.500. The van der Waals surface area contributed by atoms with Crippen molar-refractivity contribution in [3.63, 3.8) is 0 Å². The van der Waals surface area contributed by atoms with Crippen molar-refractivity contribution in [1.29, 1.82) is 0 Å². The number of fused-ring (bicyclic) bond motifs is 1. The minimum Gasteiger partial charge on any atom is -0.350 e. The number of hydrogen-bond donors (Lipinski definition) is 1. The van der Waals surface area contributed by atoms with Crippen LogP contribution in [0, 0.1) is 0 Å². The summed E-state index contributed by atoms with van der Waals surface area (Å²) in [5, 5.41) is 2.84. The van der Waals surface area contributed by atoms with Gasteiger partial charge in [0.25, 0.3) is 0 Å². The third-order valence-electron chi connectivity index (χ3n) is 3.93. The molecule has 0 atom stereocenters. The summed E-state index contributed by atoms with van der Waals surface area (Å²) in [7, 11) is 1.68. The SMILES string of the molecule is CCN(CC(=O)NC(C)(C)C)C(=O)Cn1c(=O)n(C)c2ccccc21. The summed E-state index contributed by atoms with van der Waals surface area (Å²) < 4.78 is 2.97. The Morgan fingerprint density at radius 1 is 1.16 bits per heavy atom. The van der Waals surface area contributed by atoms with Crippen LogP contribution in [0.2, 0.25) is 0 Å². The van der Waals surface area contributed by atoms with Crippen molar-refractivity contribution < 1.29 is 9.59 Å². The van der Waals surface area contributed by atoms with Gasteiger partial charge in [-0.2, -0.15) is 0 Å². The van der Waals surface area contributed by atoms with E-state index in [1.165, 1.54) is 14.0 Å². The van der Waals surface area contributed by atoms with E-state index >= 15 is 0 Å². The molecule has 1 aromatic heterocycles. The first-order chi connectivity index (χ1) is 11.6. The predicted octanol–water partition coefficient (Wildman–Crippen LogP) is 1.10. The second-order valence-electron chi connectivity index (χ2n) is 7.12. The molecule has 25 heavy (non-hydrogen) atoms. The number of amides is 2. The summed E-state index contributed by atoms with van der Waals surface area (Å²) in [6.07, 6.45) is 0. The van der Waals surface area contributed by atoms with Crippen LogP contribution in [0.4, 0.5) is 0 Å². The Morgan fingerprint density at radius 2 is 1.76 bits per heavy atom. The van der Waals surface area contributed by atoms with E-state index < -0.39 is 0 Å². The molecule has 0 saturated heterocycles. The van der Waals surface area contributed by atoms with Gasteiger partial charge in [0, 0.05) is 19.1 Å². The van der Waals surface area contributed by atoms with E-state index in [2.05, 4.69) is 5.32 Å². The fourth-order valence-corrected chi connectivity index (χ4v) is 2.76. The zero-order valence-corrected chi connectivity index (χ0v) is 15.5. The number of aromatic nitrogens is 2. The Bertz CT molecular complexity index is 842. The maximum absolute atomic E-state index is 12.6. The highest BCUT2D eigenvalue weighted by atomic mass is 16.2. The molecule has 0 radical (unpaired) electrons. The van der Waals surface area contributed by atoms with Gasteiger partial charge in [-0.1, -0.05) is 12.1 Å². The first kappa shape index (κ1) is 18.8. The Kier molecular flexibility index (Phi) is 5.35. The molecule has 1 aromatic carbocycles. The molecule has 1 heterocycles. The average Bonchev–Trinajstić information content (AvgIpc) is 2.76. The highest BCUT2D eigenvalue weighted by molar-refractivity contribution is 5.86. The van der Waals surface area contributed by atoms with Crippen LogP contribution >= 0.6 is 0 Å². The van der Waals surface area contributed by atoms with E-state index in [1.807, 2.05) is 52.0 Å². The fourth-order valence-electron chi connectivity index (χ4n) is 2.76. The molecular formula is C18H26N4O3. The number of benzene rings is 1. The molecule has 0 fully saturated rings. The van der Waals surface area contributed by atoms with E-state index in [4.69, 9.17) is 0 Å². The summed E-state index contributed by atoms with van der Waals surface area (Å²) in [6.45, 7) is 7.77. The van der Waals surface area contributed by atoms with Gasteiger partial charge in [-0.05, 0) is 39.8 Å². The van der Waals surface area contributed by atoms with E-state index in [9.17, 15) is 14.4 Å². The van der Waals surface area contributed by atoms with Gasteiger partial charge in [0.15, 0.2) is 0 Å². The molecule has 0 bridgehead atoms. The van der Waals surface area contributed by atoms with E-state index in [0.29, 0.717) is 12.1 Å². The van der Waals surface area contributed by atoms with Crippen molar-refractivity contribution in [3.05, 3.63) is 34.7 Å². The van der Waals surface area contributed by atoms with Crippen molar-refractivity contribution in [2.75, 3.05) is 13.1 Å². The molecule has 7 heteroatoms. The van der Waals surface area contributed by atoms with Crippen molar-refractivity contribution in [3.8, 4) is 0 Å². The molecule has 0 saturated carbocycles. The minimum absolute atomic E-state index is 0.0217. The molecule has 1 N–H and O–H groups in total. The Labute approximate surface area is 147 Å². The number of hydrogen-bond acceptors (Lipinski definition) is 3. The Balaban J connectivity index is 2.19. The maximum Gasteiger partial charge on any atom is 0.329 e. The number of aryl methyl sites for hydroxylation is 1. The van der Waals surface area contributed by atoms with Crippen LogP contribution in [0.3, 0.4) is 0 Å². The van der Waals surface area contributed by atoms with Gasteiger partial charge in [0.05, 0.1) is 17.6 Å². The van der Waals surface area contributed by atoms with Gasteiger partial charge in [-0.3, -0.25) is 18.7 Å². The smallest absolute Gasteiger partial charge is 0.329 e. The van der Waals surface area contributed by atoms with Gasteiger partial charge in [0.1, 0.15) is 6.54 Å². The van der Waals surface area contributed by atoms with Crippen LogP contribution in [0.15, 0.2) is 29.1 Å². The number of rotatable bonds is 5. The summed E-state index contributed by atoms with van der Waals surface area (Å²) in [6, 6.07) is 7.33. The summed E-state index contributed by atoms with van der Waals surface area (Å²) in [5.41, 5.74) is 0.878. The summed E-state index contributed by atoms with van der Waals surface area (Å²) in [4.78, 5) is 38.6. The number of nitrogens with one attached hydrogen (secondary N) is 1. The lowest BCUT2D eigenvalue weighted by Gasteiger charge is -2.25. The molecule has 2 aromatic rings. The van der Waals surface area contributed by atoms with Crippen molar-refractivity contribution in [1.82, 2.24) is 19.4 Å². The number of carbonyl (C=O) groups is 2. The first-order valence-electron chi connectivity index (χ1n) is 8.37. The van der Waals surface area contributed by atoms with Crippen LogP contribution < -0.4 is 11.0 Å². The molecule has 0 unspecified atom stereocenters. The largest absolute Gasteiger partial charge is 0.350 e. The lowest BCUT2D eigenvalue weighted by atomic mass is 10.1. The standard InChI is InChI=1S/C18H26N4O3/c1-6-21(11-15(23)19-18(2,3)4)16(24)12-22-14-10-8-7-9-13(14)20(5)17(22)25/h7-10H,6,11-12H2,1-5H3,(H,19,23). The van der Waals surface area contributed by atoms with Gasteiger partial charge < -0.3 is 10.2 Å². The third kappa shape index (κ3) is 4.29. The lowest BCUT2D eigenvalue weighted by Crippen LogP contribution is -2.48. The highest BCUT2D eigenvalue weighted by Gasteiger charge is 2.21.